The molecule has 0 heterocycles. The van der Waals surface area contributed by atoms with E-state index in [0.717, 1.165) is 0 Å². The van der Waals surface area contributed by atoms with Crippen LogP contribution in [0.5, 0.6) is 0 Å². The van der Waals surface area contributed by atoms with E-state index in [9.17, 15) is 0 Å². The minimum absolute atomic E-state index is 0.251. The van der Waals surface area contributed by atoms with Gasteiger partial charge in [0.1, 0.15) is 0 Å². The first-order chi connectivity index (χ1) is 9.25. The van der Waals surface area contributed by atoms with Gasteiger partial charge < -0.3 is 5.32 Å². The minimum Gasteiger partial charge on any atom is -0.304 e. The lowest BCUT2D eigenvalue weighted by molar-refractivity contribution is 0.540. The van der Waals surface area contributed by atoms with Crippen LogP contribution in [0.3, 0.4) is 0 Å². The van der Waals surface area contributed by atoms with E-state index in [0.29, 0.717) is 6.04 Å². The molecule has 0 aliphatic heterocycles. The molecule has 1 heteroatoms. The molecule has 1 unspecified atom stereocenters. The van der Waals surface area contributed by atoms with E-state index in [1.165, 1.54) is 11.1 Å². The quantitative estimate of drug-likeness (QED) is 0.828. The molecule has 98 valence electrons. The highest BCUT2D eigenvalue weighted by atomic mass is 14.9. The second-order valence-electron chi connectivity index (χ2n) is 4.98. The van der Waals surface area contributed by atoms with E-state index in [1.807, 2.05) is 6.07 Å². The summed E-state index contributed by atoms with van der Waals surface area (Å²) in [4.78, 5) is 0. The number of benzene rings is 2. The van der Waals surface area contributed by atoms with Gasteiger partial charge in [-0.05, 0) is 25.0 Å². The smallest absolute Gasteiger partial charge is 0.0511 e. The van der Waals surface area contributed by atoms with Crippen LogP contribution >= 0.6 is 0 Å². The fourth-order valence-electron chi connectivity index (χ4n) is 2.05. The Labute approximate surface area is 116 Å². The van der Waals surface area contributed by atoms with Crippen molar-refractivity contribution in [1.29, 1.82) is 0 Å². The Morgan fingerprint density at radius 2 is 1.42 bits per heavy atom. The van der Waals surface area contributed by atoms with Crippen molar-refractivity contribution in [1.82, 2.24) is 5.32 Å². The third kappa shape index (κ3) is 4.38. The SMILES string of the molecule is CC(C)NC(/C=C/c1ccccc1)c1ccccc1. The minimum atomic E-state index is 0.251. The lowest BCUT2D eigenvalue weighted by atomic mass is 10.0. The van der Waals surface area contributed by atoms with Crippen molar-refractivity contribution < 1.29 is 0 Å². The second kappa shape index (κ2) is 6.91. The molecular formula is C18H21N. The summed E-state index contributed by atoms with van der Waals surface area (Å²) in [7, 11) is 0. The first kappa shape index (κ1) is 13.6. The summed E-state index contributed by atoms with van der Waals surface area (Å²) in [5.74, 6) is 0. The van der Waals surface area contributed by atoms with Crippen LogP contribution in [0, 0.1) is 0 Å². The Morgan fingerprint density at radius 1 is 0.842 bits per heavy atom. The zero-order valence-corrected chi connectivity index (χ0v) is 11.6. The molecule has 2 aromatic carbocycles. The third-order valence-corrected chi connectivity index (χ3v) is 2.95. The summed E-state index contributed by atoms with van der Waals surface area (Å²) in [5.41, 5.74) is 2.53. The number of nitrogens with one attached hydrogen (secondary N) is 1. The van der Waals surface area contributed by atoms with Crippen molar-refractivity contribution in [2.45, 2.75) is 25.9 Å². The van der Waals surface area contributed by atoms with Gasteiger partial charge in [0, 0.05) is 6.04 Å². The molecule has 0 fully saturated rings. The summed E-state index contributed by atoms with van der Waals surface area (Å²) < 4.78 is 0. The van der Waals surface area contributed by atoms with Gasteiger partial charge in [0.15, 0.2) is 0 Å². The van der Waals surface area contributed by atoms with Crippen LogP contribution < -0.4 is 5.32 Å². The summed E-state index contributed by atoms with van der Waals surface area (Å²) >= 11 is 0. The summed E-state index contributed by atoms with van der Waals surface area (Å²) in [6.45, 7) is 4.35. The predicted molar refractivity (Wildman–Crippen MR) is 82.9 cm³/mol. The molecule has 2 rings (SSSR count). The molecule has 2 aromatic rings. The lowest BCUT2D eigenvalue weighted by Gasteiger charge is -2.18. The molecule has 1 N–H and O–H groups in total. The van der Waals surface area contributed by atoms with Crippen molar-refractivity contribution in [2.24, 2.45) is 0 Å². The van der Waals surface area contributed by atoms with Gasteiger partial charge in [0.2, 0.25) is 0 Å². The Morgan fingerprint density at radius 3 is 2.00 bits per heavy atom. The molecule has 0 spiro atoms. The molecule has 0 aliphatic rings. The van der Waals surface area contributed by atoms with Crippen LogP contribution in [0.25, 0.3) is 6.08 Å². The number of hydrogen-bond acceptors (Lipinski definition) is 1. The van der Waals surface area contributed by atoms with Gasteiger partial charge in [0.25, 0.3) is 0 Å². The maximum Gasteiger partial charge on any atom is 0.0511 e. The zero-order valence-electron chi connectivity index (χ0n) is 11.6. The van der Waals surface area contributed by atoms with E-state index >= 15 is 0 Å². The van der Waals surface area contributed by atoms with Gasteiger partial charge in [-0.1, -0.05) is 72.8 Å². The van der Waals surface area contributed by atoms with Crippen molar-refractivity contribution in [3.05, 3.63) is 77.9 Å². The first-order valence-corrected chi connectivity index (χ1v) is 6.80. The topological polar surface area (TPSA) is 12.0 Å². The molecule has 19 heavy (non-hydrogen) atoms. The van der Waals surface area contributed by atoms with Crippen LogP contribution in [0.1, 0.15) is 31.0 Å². The molecule has 0 aromatic heterocycles. The normalized spacial score (nSPS) is 13.0. The van der Waals surface area contributed by atoms with Gasteiger partial charge in [-0.15, -0.1) is 0 Å². The molecular weight excluding hydrogens is 230 g/mol. The molecule has 0 saturated heterocycles. The highest BCUT2D eigenvalue weighted by molar-refractivity contribution is 5.50. The Bertz CT molecular complexity index is 500. The molecule has 0 amide bonds. The Balaban J connectivity index is 2.17. The van der Waals surface area contributed by atoms with Crippen LogP contribution in [0.15, 0.2) is 66.7 Å². The van der Waals surface area contributed by atoms with Crippen molar-refractivity contribution >= 4 is 6.08 Å². The van der Waals surface area contributed by atoms with Gasteiger partial charge in [-0.3, -0.25) is 0 Å². The molecule has 0 saturated carbocycles. The van der Waals surface area contributed by atoms with Gasteiger partial charge in [-0.25, -0.2) is 0 Å². The maximum absolute atomic E-state index is 3.58. The highest BCUT2D eigenvalue weighted by Gasteiger charge is 2.08. The van der Waals surface area contributed by atoms with Crippen molar-refractivity contribution in [2.75, 3.05) is 0 Å². The molecule has 0 radical (unpaired) electrons. The first-order valence-electron chi connectivity index (χ1n) is 6.80. The average molecular weight is 251 g/mol. The van der Waals surface area contributed by atoms with E-state index in [-0.39, 0.29) is 6.04 Å². The number of hydrogen-bond donors (Lipinski definition) is 1. The van der Waals surface area contributed by atoms with Gasteiger partial charge in [0.05, 0.1) is 6.04 Å². The van der Waals surface area contributed by atoms with E-state index in [1.54, 1.807) is 0 Å². The largest absolute Gasteiger partial charge is 0.304 e. The van der Waals surface area contributed by atoms with E-state index in [2.05, 4.69) is 85.9 Å². The highest BCUT2D eigenvalue weighted by Crippen LogP contribution is 2.16. The fourth-order valence-corrected chi connectivity index (χ4v) is 2.05. The van der Waals surface area contributed by atoms with Gasteiger partial charge in [-0.2, -0.15) is 0 Å². The van der Waals surface area contributed by atoms with E-state index < -0.39 is 0 Å². The lowest BCUT2D eigenvalue weighted by Crippen LogP contribution is -2.26. The zero-order chi connectivity index (χ0) is 13.5. The van der Waals surface area contributed by atoms with Crippen LogP contribution in [0.4, 0.5) is 0 Å². The van der Waals surface area contributed by atoms with Crippen LogP contribution in [-0.4, -0.2) is 6.04 Å². The van der Waals surface area contributed by atoms with Gasteiger partial charge >= 0.3 is 0 Å². The maximum atomic E-state index is 3.58. The predicted octanol–water partition coefficient (Wildman–Crippen LogP) is 4.44. The molecule has 0 bridgehead atoms. The monoisotopic (exact) mass is 251 g/mol. The third-order valence-electron chi connectivity index (χ3n) is 2.95. The summed E-state index contributed by atoms with van der Waals surface area (Å²) in [6.07, 6.45) is 4.40. The Hall–Kier alpha value is -1.86. The summed E-state index contributed by atoms with van der Waals surface area (Å²) in [5, 5.41) is 3.58. The summed E-state index contributed by atoms with van der Waals surface area (Å²) in [6, 6.07) is 21.6. The molecule has 1 nitrogen and oxygen atoms in total. The standard InChI is InChI=1S/C18H21N/c1-15(2)19-18(17-11-7-4-8-12-17)14-13-16-9-5-3-6-10-16/h3-15,18-19H,1-2H3/b14-13+. The van der Waals surface area contributed by atoms with Crippen LogP contribution in [-0.2, 0) is 0 Å². The Kier molecular flexibility index (Phi) is 4.93. The second-order valence-corrected chi connectivity index (χ2v) is 4.98. The van der Waals surface area contributed by atoms with Crippen molar-refractivity contribution in [3.63, 3.8) is 0 Å². The number of rotatable bonds is 5. The molecule has 1 atom stereocenters. The fraction of sp³-hybridized carbons (Fsp3) is 0.222. The average Bonchev–Trinajstić information content (AvgIpc) is 2.45. The van der Waals surface area contributed by atoms with E-state index in [4.69, 9.17) is 0 Å². The van der Waals surface area contributed by atoms with Crippen LogP contribution in [0.2, 0.25) is 0 Å². The van der Waals surface area contributed by atoms with Crippen molar-refractivity contribution in [3.8, 4) is 0 Å². The molecule has 0 aliphatic carbocycles.